The van der Waals surface area contributed by atoms with Crippen LogP contribution in [0, 0.1) is 6.92 Å². The molecule has 0 saturated carbocycles. The van der Waals surface area contributed by atoms with Crippen LogP contribution in [0.3, 0.4) is 0 Å². The number of ether oxygens (including phenoxy) is 1. The lowest BCUT2D eigenvalue weighted by Crippen LogP contribution is -2.32. The van der Waals surface area contributed by atoms with E-state index in [2.05, 4.69) is 22.3 Å². The summed E-state index contributed by atoms with van der Waals surface area (Å²) in [7, 11) is 3.49. The van der Waals surface area contributed by atoms with Crippen molar-refractivity contribution in [1.29, 1.82) is 0 Å². The van der Waals surface area contributed by atoms with Crippen LogP contribution in [0.2, 0.25) is 0 Å². The smallest absolute Gasteiger partial charge is 0.216 e. The number of nitrogens with zero attached hydrogens (tertiary/aromatic N) is 3. The molecule has 6 heteroatoms. The van der Waals surface area contributed by atoms with Crippen LogP contribution in [-0.2, 0) is 13.6 Å². The molecule has 0 amide bonds. The summed E-state index contributed by atoms with van der Waals surface area (Å²) in [5.74, 6) is 1.22. The molecule has 0 spiro atoms. The molecule has 1 aromatic rings. The topological polar surface area (TPSA) is 77.5 Å². The number of rotatable bonds is 8. The van der Waals surface area contributed by atoms with Crippen LogP contribution < -0.4 is 15.8 Å². The zero-order valence-electron chi connectivity index (χ0n) is 13.1. The average molecular weight is 281 g/mol. The third kappa shape index (κ3) is 4.75. The maximum atomic E-state index is 5.86. The van der Waals surface area contributed by atoms with Gasteiger partial charge in [0.05, 0.1) is 24.9 Å². The van der Waals surface area contributed by atoms with E-state index in [-0.39, 0.29) is 0 Å². The van der Waals surface area contributed by atoms with Gasteiger partial charge in [0.25, 0.3) is 0 Å². The molecule has 1 aromatic heterocycles. The van der Waals surface area contributed by atoms with Crippen LogP contribution in [-0.4, -0.2) is 29.4 Å². The summed E-state index contributed by atoms with van der Waals surface area (Å²) >= 11 is 0. The molecule has 0 atom stereocenters. The molecule has 0 fully saturated rings. The Bertz CT molecular complexity index is 439. The molecule has 6 nitrogen and oxygen atoms in total. The Morgan fingerprint density at radius 1 is 1.40 bits per heavy atom. The summed E-state index contributed by atoms with van der Waals surface area (Å²) in [5.41, 5.74) is 7.75. The fraction of sp³-hybridized carbons (Fsp3) is 0.714. The third-order valence-corrected chi connectivity index (χ3v) is 3.23. The van der Waals surface area contributed by atoms with Gasteiger partial charge < -0.3 is 15.8 Å². The zero-order valence-corrected chi connectivity index (χ0v) is 13.1. The number of nitrogens with two attached hydrogens (primary N) is 1. The Kier molecular flexibility index (Phi) is 6.90. The van der Waals surface area contributed by atoms with Gasteiger partial charge >= 0.3 is 0 Å². The first-order valence-electron chi connectivity index (χ1n) is 7.20. The number of aryl methyl sites for hydroxylation is 2. The van der Waals surface area contributed by atoms with E-state index < -0.39 is 0 Å². The number of unbranched alkanes of at least 4 members (excludes halogenated alkanes) is 3. The van der Waals surface area contributed by atoms with Gasteiger partial charge in [-0.1, -0.05) is 26.2 Å². The molecule has 1 heterocycles. The van der Waals surface area contributed by atoms with Gasteiger partial charge in [-0.2, -0.15) is 5.10 Å². The Labute approximate surface area is 121 Å². The molecule has 0 aliphatic heterocycles. The summed E-state index contributed by atoms with van der Waals surface area (Å²) < 4.78 is 7.04. The molecule has 0 aliphatic carbocycles. The van der Waals surface area contributed by atoms with Crippen molar-refractivity contribution in [3.63, 3.8) is 0 Å². The number of aliphatic imine (C=N–C) groups is 1. The minimum atomic E-state index is 0.479. The molecule has 0 aliphatic rings. The summed E-state index contributed by atoms with van der Waals surface area (Å²) in [6, 6.07) is 0. The van der Waals surface area contributed by atoms with E-state index in [4.69, 9.17) is 10.5 Å². The predicted molar refractivity (Wildman–Crippen MR) is 82.0 cm³/mol. The lowest BCUT2D eigenvalue weighted by atomic mass is 10.2. The second-order valence-electron chi connectivity index (χ2n) is 4.89. The third-order valence-electron chi connectivity index (χ3n) is 3.23. The molecule has 114 valence electrons. The minimum Gasteiger partial charge on any atom is -0.481 e. The first-order valence-corrected chi connectivity index (χ1v) is 7.20. The standard InChI is InChI=1S/C14H27N5O/c1-5-6-7-8-9-16-14(15)17-10-12-11(2)18-19(3)13(12)20-4/h5-10H2,1-4H3,(H3,15,16,17). The van der Waals surface area contributed by atoms with Gasteiger partial charge in [-0.05, 0) is 13.3 Å². The van der Waals surface area contributed by atoms with Gasteiger partial charge in [0.1, 0.15) is 0 Å². The van der Waals surface area contributed by atoms with E-state index in [1.165, 1.54) is 19.3 Å². The van der Waals surface area contributed by atoms with Gasteiger partial charge in [0.2, 0.25) is 5.88 Å². The highest BCUT2D eigenvalue weighted by Gasteiger charge is 2.12. The Hall–Kier alpha value is -1.72. The van der Waals surface area contributed by atoms with E-state index in [0.29, 0.717) is 12.5 Å². The largest absolute Gasteiger partial charge is 0.481 e. The van der Waals surface area contributed by atoms with E-state index >= 15 is 0 Å². The van der Waals surface area contributed by atoms with Crippen molar-refractivity contribution in [3.8, 4) is 5.88 Å². The van der Waals surface area contributed by atoms with Crippen LogP contribution in [0.25, 0.3) is 0 Å². The van der Waals surface area contributed by atoms with Crippen LogP contribution in [0.4, 0.5) is 0 Å². The van der Waals surface area contributed by atoms with Crippen LogP contribution in [0.5, 0.6) is 5.88 Å². The Morgan fingerprint density at radius 3 is 2.80 bits per heavy atom. The summed E-state index contributed by atoms with van der Waals surface area (Å²) in [5, 5.41) is 7.45. The number of nitrogens with one attached hydrogen (secondary N) is 1. The minimum absolute atomic E-state index is 0.479. The fourth-order valence-corrected chi connectivity index (χ4v) is 2.11. The number of guanidine groups is 1. The van der Waals surface area contributed by atoms with E-state index in [1.54, 1.807) is 11.8 Å². The second kappa shape index (κ2) is 8.45. The zero-order chi connectivity index (χ0) is 15.0. The summed E-state index contributed by atoms with van der Waals surface area (Å²) in [4.78, 5) is 4.34. The van der Waals surface area contributed by atoms with Crippen molar-refractivity contribution in [2.24, 2.45) is 17.8 Å². The van der Waals surface area contributed by atoms with E-state index in [1.807, 2.05) is 14.0 Å². The van der Waals surface area contributed by atoms with Gasteiger partial charge in [-0.25, -0.2) is 9.67 Å². The normalized spacial score (nSPS) is 11.7. The molecule has 0 saturated heterocycles. The monoisotopic (exact) mass is 281 g/mol. The molecule has 0 bridgehead atoms. The fourth-order valence-electron chi connectivity index (χ4n) is 2.11. The van der Waals surface area contributed by atoms with Crippen LogP contribution in [0.1, 0.15) is 43.9 Å². The summed E-state index contributed by atoms with van der Waals surface area (Å²) in [6.07, 6.45) is 4.86. The molecule has 1 rings (SSSR count). The van der Waals surface area contributed by atoms with Gasteiger partial charge in [-0.3, -0.25) is 0 Å². The number of hydrogen-bond acceptors (Lipinski definition) is 3. The van der Waals surface area contributed by atoms with Gasteiger partial charge in [0.15, 0.2) is 5.96 Å². The van der Waals surface area contributed by atoms with Crippen LogP contribution in [0.15, 0.2) is 4.99 Å². The van der Waals surface area contributed by atoms with Crippen molar-refractivity contribution >= 4 is 5.96 Å². The molecular weight excluding hydrogens is 254 g/mol. The van der Waals surface area contributed by atoms with Crippen LogP contribution >= 0.6 is 0 Å². The lowest BCUT2D eigenvalue weighted by Gasteiger charge is -2.06. The Morgan fingerprint density at radius 2 is 2.15 bits per heavy atom. The predicted octanol–water partition coefficient (Wildman–Crippen LogP) is 1.72. The SMILES string of the molecule is CCCCCCNC(N)=NCc1c(C)nn(C)c1OC. The number of hydrogen-bond donors (Lipinski definition) is 2. The van der Waals surface area contributed by atoms with E-state index in [0.717, 1.165) is 30.1 Å². The molecule has 0 radical (unpaired) electrons. The number of methoxy groups -OCH3 is 1. The van der Waals surface area contributed by atoms with E-state index in [9.17, 15) is 0 Å². The molecular formula is C14H27N5O. The first-order chi connectivity index (χ1) is 9.60. The molecule has 0 unspecified atom stereocenters. The maximum Gasteiger partial charge on any atom is 0.216 e. The lowest BCUT2D eigenvalue weighted by molar-refractivity contribution is 0.369. The quantitative estimate of drug-likeness (QED) is 0.432. The van der Waals surface area contributed by atoms with Crippen molar-refractivity contribution in [2.75, 3.05) is 13.7 Å². The number of aromatic nitrogens is 2. The van der Waals surface area contributed by atoms with Gasteiger partial charge in [0, 0.05) is 13.6 Å². The highest BCUT2D eigenvalue weighted by Crippen LogP contribution is 2.21. The molecule has 3 N–H and O–H groups in total. The average Bonchev–Trinajstić information content (AvgIpc) is 2.69. The highest BCUT2D eigenvalue weighted by molar-refractivity contribution is 5.77. The maximum absolute atomic E-state index is 5.86. The van der Waals surface area contributed by atoms with Crippen molar-refractivity contribution in [1.82, 2.24) is 15.1 Å². The first kappa shape index (κ1) is 16.3. The van der Waals surface area contributed by atoms with Crippen molar-refractivity contribution in [2.45, 2.75) is 46.1 Å². The Balaban J connectivity index is 2.46. The van der Waals surface area contributed by atoms with Crippen molar-refractivity contribution < 1.29 is 4.74 Å². The summed E-state index contributed by atoms with van der Waals surface area (Å²) in [6.45, 7) is 5.50. The molecule has 0 aromatic carbocycles. The highest BCUT2D eigenvalue weighted by atomic mass is 16.5. The second-order valence-corrected chi connectivity index (χ2v) is 4.89. The molecule has 20 heavy (non-hydrogen) atoms. The van der Waals surface area contributed by atoms with Crippen molar-refractivity contribution in [3.05, 3.63) is 11.3 Å². The van der Waals surface area contributed by atoms with Gasteiger partial charge in [-0.15, -0.1) is 0 Å².